The second-order valence-electron chi connectivity index (χ2n) is 5.12. The summed E-state index contributed by atoms with van der Waals surface area (Å²) in [5.74, 6) is -0.573. The summed E-state index contributed by atoms with van der Waals surface area (Å²) in [5.41, 5.74) is 6.84. The molecule has 1 aliphatic heterocycles. The maximum absolute atomic E-state index is 12.9. The molecule has 0 bridgehead atoms. The summed E-state index contributed by atoms with van der Waals surface area (Å²) in [6.07, 6.45) is 0. The number of nitrogens with zero attached hydrogens (tertiary/aromatic N) is 2. The van der Waals surface area contributed by atoms with Gasteiger partial charge in [0.15, 0.2) is 0 Å². The Bertz CT molecular complexity index is 458. The van der Waals surface area contributed by atoms with Crippen molar-refractivity contribution in [2.75, 3.05) is 44.2 Å². The van der Waals surface area contributed by atoms with Crippen LogP contribution in [0, 0.1) is 5.82 Å². The first-order valence-electron chi connectivity index (χ1n) is 7.25. The van der Waals surface area contributed by atoms with E-state index in [1.807, 2.05) is 0 Å². The quantitative estimate of drug-likeness (QED) is 0.816. The SMILES string of the molecule is CCOC(=O)C(N)CN1CCN(c2ccc(F)cc2)CC1. The molecule has 0 amide bonds. The predicted octanol–water partition coefficient (Wildman–Crippen LogP) is 0.838. The second-order valence-corrected chi connectivity index (χ2v) is 5.12. The maximum Gasteiger partial charge on any atom is 0.324 e. The van der Waals surface area contributed by atoms with Gasteiger partial charge in [0.25, 0.3) is 0 Å². The van der Waals surface area contributed by atoms with Crippen molar-refractivity contribution in [3.63, 3.8) is 0 Å². The normalized spacial score (nSPS) is 17.6. The summed E-state index contributed by atoms with van der Waals surface area (Å²) in [6.45, 7) is 5.95. The average molecular weight is 295 g/mol. The number of hydrogen-bond donors (Lipinski definition) is 1. The van der Waals surface area contributed by atoms with Gasteiger partial charge in [0.1, 0.15) is 11.9 Å². The molecule has 2 N–H and O–H groups in total. The smallest absolute Gasteiger partial charge is 0.324 e. The van der Waals surface area contributed by atoms with E-state index >= 15 is 0 Å². The second kappa shape index (κ2) is 7.38. The Balaban J connectivity index is 1.80. The van der Waals surface area contributed by atoms with Crippen molar-refractivity contribution in [3.05, 3.63) is 30.1 Å². The molecule has 1 heterocycles. The molecule has 116 valence electrons. The van der Waals surface area contributed by atoms with Crippen LogP contribution in [0.4, 0.5) is 10.1 Å². The predicted molar refractivity (Wildman–Crippen MR) is 79.7 cm³/mol. The topological polar surface area (TPSA) is 58.8 Å². The van der Waals surface area contributed by atoms with Crippen LogP contribution in [0.2, 0.25) is 0 Å². The van der Waals surface area contributed by atoms with E-state index in [2.05, 4.69) is 9.80 Å². The van der Waals surface area contributed by atoms with Gasteiger partial charge in [-0.25, -0.2) is 4.39 Å². The molecule has 0 spiro atoms. The lowest BCUT2D eigenvalue weighted by Crippen LogP contribution is -2.51. The van der Waals surface area contributed by atoms with E-state index in [9.17, 15) is 9.18 Å². The highest BCUT2D eigenvalue weighted by Gasteiger charge is 2.22. The van der Waals surface area contributed by atoms with Crippen molar-refractivity contribution >= 4 is 11.7 Å². The van der Waals surface area contributed by atoms with Crippen LogP contribution in [0.3, 0.4) is 0 Å². The summed E-state index contributed by atoms with van der Waals surface area (Å²) >= 11 is 0. The van der Waals surface area contributed by atoms with E-state index in [1.54, 1.807) is 19.1 Å². The lowest BCUT2D eigenvalue weighted by Gasteiger charge is -2.36. The number of nitrogens with two attached hydrogens (primary N) is 1. The molecule has 0 radical (unpaired) electrons. The standard InChI is InChI=1S/C15H22FN3O2/c1-2-21-15(20)14(17)11-18-7-9-19(10-8-18)13-5-3-12(16)4-6-13/h3-6,14H,2,7-11,17H2,1H3. The van der Waals surface area contributed by atoms with Gasteiger partial charge in [-0.15, -0.1) is 0 Å². The molecule has 0 saturated carbocycles. The minimum atomic E-state index is -0.595. The average Bonchev–Trinajstić information content (AvgIpc) is 2.49. The van der Waals surface area contributed by atoms with E-state index in [0.717, 1.165) is 31.9 Å². The molecule has 2 rings (SSSR count). The van der Waals surface area contributed by atoms with Crippen LogP contribution in [0.1, 0.15) is 6.92 Å². The lowest BCUT2D eigenvalue weighted by molar-refractivity contribution is -0.145. The van der Waals surface area contributed by atoms with Crippen molar-refractivity contribution in [2.24, 2.45) is 5.73 Å². The molecular weight excluding hydrogens is 273 g/mol. The Morgan fingerprint density at radius 1 is 1.29 bits per heavy atom. The highest BCUT2D eigenvalue weighted by molar-refractivity contribution is 5.75. The molecule has 1 atom stereocenters. The van der Waals surface area contributed by atoms with Crippen LogP contribution >= 0.6 is 0 Å². The van der Waals surface area contributed by atoms with E-state index < -0.39 is 6.04 Å². The van der Waals surface area contributed by atoms with Crippen molar-refractivity contribution in [2.45, 2.75) is 13.0 Å². The summed E-state index contributed by atoms with van der Waals surface area (Å²) in [5, 5.41) is 0. The van der Waals surface area contributed by atoms with Gasteiger partial charge in [-0.05, 0) is 31.2 Å². The van der Waals surface area contributed by atoms with Gasteiger partial charge < -0.3 is 15.4 Å². The van der Waals surface area contributed by atoms with Crippen molar-refractivity contribution in [1.82, 2.24) is 4.90 Å². The number of halogens is 1. The van der Waals surface area contributed by atoms with Crippen LogP contribution in [0.15, 0.2) is 24.3 Å². The van der Waals surface area contributed by atoms with Crippen molar-refractivity contribution < 1.29 is 13.9 Å². The van der Waals surface area contributed by atoms with E-state index in [-0.39, 0.29) is 11.8 Å². The molecule has 1 fully saturated rings. The Hall–Kier alpha value is -1.66. The third-order valence-electron chi connectivity index (χ3n) is 3.61. The zero-order chi connectivity index (χ0) is 15.2. The summed E-state index contributed by atoms with van der Waals surface area (Å²) in [4.78, 5) is 15.9. The number of benzene rings is 1. The third kappa shape index (κ3) is 4.41. The Kier molecular flexibility index (Phi) is 5.52. The molecule has 0 aliphatic carbocycles. The molecule has 1 unspecified atom stereocenters. The zero-order valence-electron chi connectivity index (χ0n) is 12.3. The molecular formula is C15H22FN3O2. The third-order valence-corrected chi connectivity index (χ3v) is 3.61. The first-order valence-corrected chi connectivity index (χ1v) is 7.25. The Morgan fingerprint density at radius 3 is 2.48 bits per heavy atom. The number of anilines is 1. The molecule has 6 heteroatoms. The van der Waals surface area contributed by atoms with Crippen molar-refractivity contribution in [1.29, 1.82) is 0 Å². The van der Waals surface area contributed by atoms with Gasteiger partial charge in [-0.2, -0.15) is 0 Å². The van der Waals surface area contributed by atoms with Crippen LogP contribution in [-0.2, 0) is 9.53 Å². The van der Waals surface area contributed by atoms with Gasteiger partial charge in [-0.3, -0.25) is 9.69 Å². The number of carbonyl (C=O) groups excluding carboxylic acids is 1. The van der Waals surface area contributed by atoms with Gasteiger partial charge in [0.2, 0.25) is 0 Å². The van der Waals surface area contributed by atoms with E-state index in [4.69, 9.17) is 10.5 Å². The van der Waals surface area contributed by atoms with Crippen LogP contribution in [-0.4, -0.2) is 56.2 Å². The zero-order valence-corrected chi connectivity index (χ0v) is 12.3. The molecule has 1 aromatic carbocycles. The fourth-order valence-electron chi connectivity index (χ4n) is 2.44. The molecule has 0 aromatic heterocycles. The molecule has 1 aromatic rings. The van der Waals surface area contributed by atoms with E-state index in [1.165, 1.54) is 12.1 Å². The summed E-state index contributed by atoms with van der Waals surface area (Å²) in [7, 11) is 0. The number of ether oxygens (including phenoxy) is 1. The Labute approximate surface area is 124 Å². The molecule has 1 saturated heterocycles. The Morgan fingerprint density at radius 2 is 1.90 bits per heavy atom. The minimum absolute atomic E-state index is 0.224. The minimum Gasteiger partial charge on any atom is -0.465 e. The van der Waals surface area contributed by atoms with Gasteiger partial charge in [0, 0.05) is 38.4 Å². The lowest BCUT2D eigenvalue weighted by atomic mass is 10.2. The highest BCUT2D eigenvalue weighted by Crippen LogP contribution is 2.16. The summed E-state index contributed by atoms with van der Waals surface area (Å²) in [6, 6.07) is 5.92. The highest BCUT2D eigenvalue weighted by atomic mass is 19.1. The van der Waals surface area contributed by atoms with Gasteiger partial charge in [0.05, 0.1) is 6.61 Å². The first-order chi connectivity index (χ1) is 10.1. The van der Waals surface area contributed by atoms with Crippen LogP contribution in [0.5, 0.6) is 0 Å². The largest absolute Gasteiger partial charge is 0.465 e. The maximum atomic E-state index is 12.9. The fraction of sp³-hybridized carbons (Fsp3) is 0.533. The number of hydrogen-bond acceptors (Lipinski definition) is 5. The van der Waals surface area contributed by atoms with Crippen molar-refractivity contribution in [3.8, 4) is 0 Å². The fourth-order valence-corrected chi connectivity index (χ4v) is 2.44. The van der Waals surface area contributed by atoms with Crippen LogP contribution in [0.25, 0.3) is 0 Å². The number of rotatable bonds is 5. The van der Waals surface area contributed by atoms with Gasteiger partial charge >= 0.3 is 5.97 Å². The number of esters is 1. The number of carbonyl (C=O) groups is 1. The first kappa shape index (κ1) is 15.7. The monoisotopic (exact) mass is 295 g/mol. The summed E-state index contributed by atoms with van der Waals surface area (Å²) < 4.78 is 17.8. The number of piperazine rings is 1. The molecule has 21 heavy (non-hydrogen) atoms. The van der Waals surface area contributed by atoms with Crippen LogP contribution < -0.4 is 10.6 Å². The molecule has 5 nitrogen and oxygen atoms in total. The van der Waals surface area contributed by atoms with E-state index in [0.29, 0.717) is 13.2 Å². The van der Waals surface area contributed by atoms with Gasteiger partial charge in [-0.1, -0.05) is 0 Å². The molecule has 1 aliphatic rings.